The normalized spacial score (nSPS) is 10.5. The Bertz CT molecular complexity index is 830. The van der Waals surface area contributed by atoms with E-state index in [4.69, 9.17) is 22.1 Å². The SMILES string of the molecule is Nc1ccc(Oc2ncncc2-c2ccnc(Cl)n2)c(F)c1. The van der Waals surface area contributed by atoms with E-state index in [9.17, 15) is 4.39 Å². The second-order valence-corrected chi connectivity index (χ2v) is 4.58. The fourth-order valence-electron chi connectivity index (χ4n) is 1.76. The highest BCUT2D eigenvalue weighted by Gasteiger charge is 2.13. The molecule has 110 valence electrons. The maximum atomic E-state index is 13.8. The van der Waals surface area contributed by atoms with Gasteiger partial charge in [-0.05, 0) is 29.8 Å². The summed E-state index contributed by atoms with van der Waals surface area (Å²) in [6, 6.07) is 5.73. The van der Waals surface area contributed by atoms with E-state index in [1.165, 1.54) is 30.9 Å². The number of nitrogens with two attached hydrogens (primary N) is 1. The number of aromatic nitrogens is 4. The summed E-state index contributed by atoms with van der Waals surface area (Å²) in [4.78, 5) is 15.8. The summed E-state index contributed by atoms with van der Waals surface area (Å²) in [5.74, 6) is -0.451. The van der Waals surface area contributed by atoms with E-state index in [0.717, 1.165) is 6.07 Å². The van der Waals surface area contributed by atoms with Gasteiger partial charge >= 0.3 is 0 Å². The van der Waals surface area contributed by atoms with E-state index < -0.39 is 5.82 Å². The van der Waals surface area contributed by atoms with Gasteiger partial charge in [0.15, 0.2) is 11.6 Å². The van der Waals surface area contributed by atoms with Crippen LogP contribution in [0, 0.1) is 5.82 Å². The average molecular weight is 318 g/mol. The van der Waals surface area contributed by atoms with Crippen molar-refractivity contribution in [3.8, 4) is 22.9 Å². The van der Waals surface area contributed by atoms with Crippen molar-refractivity contribution in [1.82, 2.24) is 19.9 Å². The lowest BCUT2D eigenvalue weighted by Crippen LogP contribution is -1.97. The molecule has 6 nitrogen and oxygen atoms in total. The summed E-state index contributed by atoms with van der Waals surface area (Å²) < 4.78 is 19.3. The lowest BCUT2D eigenvalue weighted by molar-refractivity contribution is 0.428. The predicted octanol–water partition coefficient (Wildman–Crippen LogP) is 3.10. The van der Waals surface area contributed by atoms with Gasteiger partial charge in [-0.2, -0.15) is 0 Å². The van der Waals surface area contributed by atoms with Crippen LogP contribution in [0.25, 0.3) is 11.3 Å². The first kappa shape index (κ1) is 14.2. The van der Waals surface area contributed by atoms with Crippen LogP contribution in [-0.2, 0) is 0 Å². The number of benzene rings is 1. The Labute approximate surface area is 129 Å². The number of nitrogen functional groups attached to an aromatic ring is 1. The molecule has 0 amide bonds. The third kappa shape index (κ3) is 2.94. The summed E-state index contributed by atoms with van der Waals surface area (Å²) in [6.45, 7) is 0. The summed E-state index contributed by atoms with van der Waals surface area (Å²) in [5, 5.41) is 0.0750. The zero-order chi connectivity index (χ0) is 15.5. The fourth-order valence-corrected chi connectivity index (χ4v) is 1.91. The van der Waals surface area contributed by atoms with Crippen LogP contribution in [0.15, 0.2) is 43.0 Å². The standard InChI is InChI=1S/C14H9ClFN5O/c15-14-19-4-3-11(21-14)9-6-18-7-20-13(9)22-12-2-1-8(17)5-10(12)16/h1-7H,17H2. The molecule has 22 heavy (non-hydrogen) atoms. The Hall–Kier alpha value is -2.80. The topological polar surface area (TPSA) is 86.8 Å². The number of rotatable bonds is 3. The third-order valence-corrected chi connectivity index (χ3v) is 2.92. The number of halogens is 2. The Balaban J connectivity index is 2.01. The first-order chi connectivity index (χ1) is 10.6. The Morgan fingerprint density at radius 1 is 1.18 bits per heavy atom. The molecular weight excluding hydrogens is 309 g/mol. The summed E-state index contributed by atoms with van der Waals surface area (Å²) in [5.41, 5.74) is 6.73. The molecule has 3 rings (SSSR count). The molecular formula is C14H9ClFN5O. The van der Waals surface area contributed by atoms with Crippen LogP contribution >= 0.6 is 11.6 Å². The van der Waals surface area contributed by atoms with Crippen LogP contribution in [0.2, 0.25) is 5.28 Å². The maximum Gasteiger partial charge on any atom is 0.231 e. The predicted molar refractivity (Wildman–Crippen MR) is 79.0 cm³/mol. The van der Waals surface area contributed by atoms with E-state index >= 15 is 0 Å². The molecule has 0 spiro atoms. The highest BCUT2D eigenvalue weighted by molar-refractivity contribution is 6.28. The quantitative estimate of drug-likeness (QED) is 0.590. The van der Waals surface area contributed by atoms with Gasteiger partial charge in [0.2, 0.25) is 11.2 Å². The van der Waals surface area contributed by atoms with Crippen LogP contribution < -0.4 is 10.5 Å². The molecule has 1 aromatic carbocycles. The van der Waals surface area contributed by atoms with Gasteiger partial charge in [0.05, 0.1) is 11.3 Å². The number of ether oxygens (including phenoxy) is 1. The van der Waals surface area contributed by atoms with Gasteiger partial charge in [-0.25, -0.2) is 24.3 Å². The van der Waals surface area contributed by atoms with Crippen LogP contribution in [0.5, 0.6) is 11.6 Å². The second-order valence-electron chi connectivity index (χ2n) is 4.24. The fraction of sp³-hybridized carbons (Fsp3) is 0. The lowest BCUT2D eigenvalue weighted by atomic mass is 10.2. The van der Waals surface area contributed by atoms with Gasteiger partial charge in [-0.1, -0.05) is 0 Å². The van der Waals surface area contributed by atoms with Crippen molar-refractivity contribution in [1.29, 1.82) is 0 Å². The molecule has 2 N–H and O–H groups in total. The Kier molecular flexibility index (Phi) is 3.80. The molecule has 0 radical (unpaired) electrons. The first-order valence-electron chi connectivity index (χ1n) is 6.15. The van der Waals surface area contributed by atoms with Crippen molar-refractivity contribution < 1.29 is 9.13 Å². The first-order valence-corrected chi connectivity index (χ1v) is 6.53. The van der Waals surface area contributed by atoms with Crippen molar-refractivity contribution in [2.45, 2.75) is 0 Å². The van der Waals surface area contributed by atoms with Crippen molar-refractivity contribution >= 4 is 17.3 Å². The number of hydrogen-bond acceptors (Lipinski definition) is 6. The molecule has 0 unspecified atom stereocenters. The molecule has 0 atom stereocenters. The Morgan fingerprint density at radius 2 is 2.05 bits per heavy atom. The van der Waals surface area contributed by atoms with Crippen LogP contribution in [-0.4, -0.2) is 19.9 Å². The molecule has 0 aliphatic heterocycles. The minimum absolute atomic E-state index is 0.00527. The van der Waals surface area contributed by atoms with E-state index in [2.05, 4.69) is 19.9 Å². The highest BCUT2D eigenvalue weighted by Crippen LogP contribution is 2.31. The zero-order valence-corrected chi connectivity index (χ0v) is 11.8. The van der Waals surface area contributed by atoms with Gasteiger partial charge in [-0.15, -0.1) is 0 Å². The summed E-state index contributed by atoms with van der Waals surface area (Å²) in [6.07, 6.45) is 4.28. The molecule has 0 saturated carbocycles. The van der Waals surface area contributed by atoms with Crippen LogP contribution in [0.4, 0.5) is 10.1 Å². The Morgan fingerprint density at radius 3 is 2.82 bits per heavy atom. The monoisotopic (exact) mass is 317 g/mol. The van der Waals surface area contributed by atoms with Gasteiger partial charge in [0.1, 0.15) is 6.33 Å². The average Bonchev–Trinajstić information content (AvgIpc) is 2.50. The van der Waals surface area contributed by atoms with E-state index in [1.54, 1.807) is 6.07 Å². The number of nitrogens with zero attached hydrogens (tertiary/aromatic N) is 4. The smallest absolute Gasteiger partial charge is 0.231 e. The number of anilines is 1. The van der Waals surface area contributed by atoms with Gasteiger partial charge in [-0.3, -0.25) is 0 Å². The minimum Gasteiger partial charge on any atom is -0.435 e. The lowest BCUT2D eigenvalue weighted by Gasteiger charge is -2.10. The van der Waals surface area contributed by atoms with Crippen molar-refractivity contribution in [2.24, 2.45) is 0 Å². The molecule has 0 bridgehead atoms. The van der Waals surface area contributed by atoms with E-state index in [1.807, 2.05) is 0 Å². The minimum atomic E-state index is -0.592. The molecule has 2 aromatic heterocycles. The van der Waals surface area contributed by atoms with Gasteiger partial charge in [0.25, 0.3) is 0 Å². The molecule has 0 aliphatic rings. The maximum absolute atomic E-state index is 13.8. The van der Waals surface area contributed by atoms with Gasteiger partial charge < -0.3 is 10.5 Å². The summed E-state index contributed by atoms with van der Waals surface area (Å²) in [7, 11) is 0. The largest absolute Gasteiger partial charge is 0.435 e. The van der Waals surface area contributed by atoms with Gasteiger partial charge in [0, 0.05) is 24.1 Å². The molecule has 8 heteroatoms. The van der Waals surface area contributed by atoms with Crippen LogP contribution in [0.1, 0.15) is 0 Å². The molecule has 0 fully saturated rings. The zero-order valence-electron chi connectivity index (χ0n) is 11.1. The second kappa shape index (κ2) is 5.90. The van der Waals surface area contributed by atoms with E-state index in [-0.39, 0.29) is 16.9 Å². The van der Waals surface area contributed by atoms with E-state index in [0.29, 0.717) is 16.9 Å². The molecule has 3 aromatic rings. The third-order valence-electron chi connectivity index (χ3n) is 2.74. The van der Waals surface area contributed by atoms with Crippen molar-refractivity contribution in [2.75, 3.05) is 5.73 Å². The molecule has 2 heterocycles. The van der Waals surface area contributed by atoms with Crippen LogP contribution in [0.3, 0.4) is 0 Å². The highest BCUT2D eigenvalue weighted by atomic mass is 35.5. The van der Waals surface area contributed by atoms with Crippen molar-refractivity contribution in [3.05, 3.63) is 54.1 Å². The molecule has 0 aliphatic carbocycles. The number of hydrogen-bond donors (Lipinski definition) is 1. The van der Waals surface area contributed by atoms with Crippen molar-refractivity contribution in [3.63, 3.8) is 0 Å². The molecule has 0 saturated heterocycles. The summed E-state index contributed by atoms with van der Waals surface area (Å²) >= 11 is 5.77.